The van der Waals surface area contributed by atoms with Gasteiger partial charge in [-0.15, -0.1) is 11.8 Å². The lowest BCUT2D eigenvalue weighted by Crippen LogP contribution is -2.55. The molecule has 0 bridgehead atoms. The maximum Gasteiger partial charge on any atom is 0.235 e. The zero-order valence-electron chi connectivity index (χ0n) is 16.4. The van der Waals surface area contributed by atoms with Gasteiger partial charge in [0.05, 0.1) is 18.9 Å². The van der Waals surface area contributed by atoms with Crippen LogP contribution in [0.1, 0.15) is 57.6 Å². The van der Waals surface area contributed by atoms with Crippen LogP contribution in [0.3, 0.4) is 0 Å². The van der Waals surface area contributed by atoms with Gasteiger partial charge in [-0.1, -0.05) is 37.5 Å². The third kappa shape index (κ3) is 4.42. The number of carbonyl (C=O) groups is 2. The summed E-state index contributed by atoms with van der Waals surface area (Å²) in [7, 11) is 1.64. The maximum atomic E-state index is 13.0. The minimum atomic E-state index is -0.330. The fraction of sp³-hybridized carbons (Fsp3) is 0.619. The van der Waals surface area contributed by atoms with E-state index in [1.165, 1.54) is 18.2 Å². The molecule has 1 aliphatic carbocycles. The molecule has 3 rings (SSSR count). The average molecular weight is 391 g/mol. The van der Waals surface area contributed by atoms with E-state index in [4.69, 9.17) is 4.74 Å². The molecule has 1 saturated carbocycles. The molecule has 27 heavy (non-hydrogen) atoms. The summed E-state index contributed by atoms with van der Waals surface area (Å²) in [5.41, 5.74) is 0.926. The van der Waals surface area contributed by atoms with Crippen LogP contribution in [0.25, 0.3) is 0 Å². The van der Waals surface area contributed by atoms with Crippen LogP contribution in [-0.4, -0.2) is 46.9 Å². The van der Waals surface area contributed by atoms with Crippen LogP contribution in [0, 0.1) is 0 Å². The van der Waals surface area contributed by atoms with E-state index >= 15 is 0 Å². The van der Waals surface area contributed by atoms with Gasteiger partial charge in [0.15, 0.2) is 0 Å². The fourth-order valence-corrected chi connectivity index (χ4v) is 5.38. The number of carbonyl (C=O) groups excluding carboxylic acids is 2. The van der Waals surface area contributed by atoms with E-state index in [1.807, 2.05) is 43.0 Å². The van der Waals surface area contributed by atoms with Crippen molar-refractivity contribution in [2.75, 3.05) is 12.9 Å². The highest BCUT2D eigenvalue weighted by Gasteiger charge is 2.45. The Morgan fingerprint density at radius 2 is 1.93 bits per heavy atom. The minimum Gasteiger partial charge on any atom is -0.496 e. The summed E-state index contributed by atoms with van der Waals surface area (Å²) < 4.78 is 5.60. The number of para-hydroxylation sites is 1. The van der Waals surface area contributed by atoms with Crippen molar-refractivity contribution >= 4 is 23.6 Å². The molecule has 5 nitrogen and oxygen atoms in total. The Labute approximate surface area is 166 Å². The van der Waals surface area contributed by atoms with E-state index in [1.54, 1.807) is 7.11 Å². The van der Waals surface area contributed by atoms with Crippen molar-refractivity contribution in [2.24, 2.45) is 0 Å². The van der Waals surface area contributed by atoms with Gasteiger partial charge in [-0.25, -0.2) is 0 Å². The zero-order valence-corrected chi connectivity index (χ0v) is 17.3. The van der Waals surface area contributed by atoms with Crippen molar-refractivity contribution in [3.63, 3.8) is 0 Å². The minimum absolute atomic E-state index is 0.000726. The summed E-state index contributed by atoms with van der Waals surface area (Å²) in [6.07, 6.45) is 5.54. The van der Waals surface area contributed by atoms with Gasteiger partial charge in [0, 0.05) is 17.6 Å². The number of hydrogen-bond donors (Lipinski definition) is 1. The van der Waals surface area contributed by atoms with Gasteiger partial charge < -0.3 is 15.0 Å². The van der Waals surface area contributed by atoms with Gasteiger partial charge in [-0.05, 0) is 32.8 Å². The molecule has 1 N–H and O–H groups in total. The van der Waals surface area contributed by atoms with E-state index in [0.717, 1.165) is 37.0 Å². The summed E-state index contributed by atoms with van der Waals surface area (Å²) in [5.74, 6) is 1.23. The van der Waals surface area contributed by atoms with Crippen LogP contribution in [0.4, 0.5) is 0 Å². The summed E-state index contributed by atoms with van der Waals surface area (Å²) in [5, 5.41) is 2.72. The van der Waals surface area contributed by atoms with Gasteiger partial charge >= 0.3 is 0 Å². The molecule has 2 fully saturated rings. The number of amides is 2. The van der Waals surface area contributed by atoms with Crippen LogP contribution in [-0.2, 0) is 9.59 Å². The highest BCUT2D eigenvalue weighted by atomic mass is 32.2. The van der Waals surface area contributed by atoms with Gasteiger partial charge in [-0.3, -0.25) is 9.59 Å². The summed E-state index contributed by atoms with van der Waals surface area (Å²) >= 11 is 1.45. The standard InChI is InChI=1S/C21H30N2O3S/c1-14(2)22-21(25)20-19(16-11-7-8-12-17(16)26-3)23(18(24)13-27-20)15-9-5-4-6-10-15/h7-8,11-12,14-15,19-20H,4-6,9-10,13H2,1-3H3,(H,22,25). The molecule has 2 unspecified atom stereocenters. The molecule has 1 saturated heterocycles. The average Bonchev–Trinajstić information content (AvgIpc) is 2.67. The van der Waals surface area contributed by atoms with Gasteiger partial charge in [-0.2, -0.15) is 0 Å². The molecule has 0 radical (unpaired) electrons. The second kappa shape index (κ2) is 9.00. The molecule has 1 aromatic carbocycles. The molecule has 2 atom stereocenters. The van der Waals surface area contributed by atoms with E-state index in [-0.39, 0.29) is 35.2 Å². The first-order chi connectivity index (χ1) is 13.0. The maximum absolute atomic E-state index is 13.0. The summed E-state index contributed by atoms with van der Waals surface area (Å²) in [6, 6.07) is 7.76. The molecule has 0 aromatic heterocycles. The molecule has 1 heterocycles. The van der Waals surface area contributed by atoms with Crippen molar-refractivity contribution < 1.29 is 14.3 Å². The first-order valence-electron chi connectivity index (χ1n) is 9.89. The second-order valence-corrected chi connectivity index (χ2v) is 8.80. The smallest absolute Gasteiger partial charge is 0.235 e. The molecule has 148 valence electrons. The molecule has 6 heteroatoms. The fourth-order valence-electron chi connectivity index (χ4n) is 4.23. The first-order valence-corrected chi connectivity index (χ1v) is 10.9. The zero-order chi connectivity index (χ0) is 19.4. The molecule has 1 aliphatic heterocycles. The monoisotopic (exact) mass is 390 g/mol. The lowest BCUT2D eigenvalue weighted by molar-refractivity contribution is -0.136. The third-order valence-electron chi connectivity index (χ3n) is 5.38. The number of methoxy groups -OCH3 is 1. The Bertz CT molecular complexity index is 673. The second-order valence-electron chi connectivity index (χ2n) is 7.67. The number of benzene rings is 1. The third-order valence-corrected chi connectivity index (χ3v) is 6.62. The Morgan fingerprint density at radius 3 is 2.59 bits per heavy atom. The van der Waals surface area contributed by atoms with E-state index in [2.05, 4.69) is 5.32 Å². The molecule has 0 spiro atoms. The first kappa shape index (κ1) is 20.1. The van der Waals surface area contributed by atoms with Gasteiger partial charge in [0.25, 0.3) is 0 Å². The van der Waals surface area contributed by atoms with Gasteiger partial charge in [0.2, 0.25) is 11.8 Å². The number of rotatable bonds is 5. The predicted molar refractivity (Wildman–Crippen MR) is 109 cm³/mol. The molecule has 2 aliphatic rings. The SMILES string of the molecule is COc1ccccc1C1C(C(=O)NC(C)C)SCC(=O)N1C1CCCCC1. The van der Waals surface area contributed by atoms with Crippen LogP contribution < -0.4 is 10.1 Å². The lowest BCUT2D eigenvalue weighted by Gasteiger charge is -2.46. The number of thioether (sulfide) groups is 1. The Kier molecular flexibility index (Phi) is 6.68. The van der Waals surface area contributed by atoms with Gasteiger partial charge in [0.1, 0.15) is 11.0 Å². The van der Waals surface area contributed by atoms with Crippen LogP contribution in [0.2, 0.25) is 0 Å². The Morgan fingerprint density at radius 1 is 1.22 bits per heavy atom. The highest BCUT2D eigenvalue weighted by molar-refractivity contribution is 8.01. The van der Waals surface area contributed by atoms with Crippen LogP contribution in [0.5, 0.6) is 5.75 Å². The van der Waals surface area contributed by atoms with Crippen LogP contribution in [0.15, 0.2) is 24.3 Å². The number of ether oxygens (including phenoxy) is 1. The van der Waals surface area contributed by atoms with E-state index < -0.39 is 0 Å². The Hall–Kier alpha value is -1.69. The van der Waals surface area contributed by atoms with Crippen molar-refractivity contribution in [1.82, 2.24) is 10.2 Å². The van der Waals surface area contributed by atoms with Crippen molar-refractivity contribution in [3.8, 4) is 5.75 Å². The summed E-state index contributed by atoms with van der Waals surface area (Å²) in [6.45, 7) is 3.93. The predicted octanol–water partition coefficient (Wildman–Crippen LogP) is 3.54. The van der Waals surface area contributed by atoms with E-state index in [0.29, 0.717) is 5.75 Å². The lowest BCUT2D eigenvalue weighted by atomic mass is 9.90. The largest absolute Gasteiger partial charge is 0.496 e. The molecular weight excluding hydrogens is 360 g/mol. The number of hydrogen-bond acceptors (Lipinski definition) is 4. The van der Waals surface area contributed by atoms with E-state index in [9.17, 15) is 9.59 Å². The Balaban J connectivity index is 2.02. The molecule has 1 aromatic rings. The summed E-state index contributed by atoms with van der Waals surface area (Å²) in [4.78, 5) is 28.0. The number of nitrogens with one attached hydrogen (secondary N) is 1. The van der Waals surface area contributed by atoms with Crippen molar-refractivity contribution in [2.45, 2.75) is 69.3 Å². The quantitative estimate of drug-likeness (QED) is 0.835. The molecule has 2 amide bonds. The highest BCUT2D eigenvalue weighted by Crippen LogP contribution is 2.43. The normalized spacial score (nSPS) is 24.1. The van der Waals surface area contributed by atoms with Crippen LogP contribution >= 0.6 is 11.8 Å². The number of nitrogens with zero attached hydrogens (tertiary/aromatic N) is 1. The molecular formula is C21H30N2O3S. The van der Waals surface area contributed by atoms with Crippen molar-refractivity contribution in [1.29, 1.82) is 0 Å². The van der Waals surface area contributed by atoms with Crippen molar-refractivity contribution in [3.05, 3.63) is 29.8 Å². The topological polar surface area (TPSA) is 58.6 Å².